The minimum absolute atomic E-state index is 0.0834. The number of carbonyl (C=O) groups excluding carboxylic acids is 3. The number of unbranched alkanes of at least 4 members (excludes halogenated alkanes) is 23. The van der Waals surface area contributed by atoms with Crippen molar-refractivity contribution < 1.29 is 28.6 Å². The van der Waals surface area contributed by atoms with Gasteiger partial charge in [-0.25, -0.2) is 0 Å². The van der Waals surface area contributed by atoms with Gasteiger partial charge in [-0.1, -0.05) is 240 Å². The molecule has 0 N–H and O–H groups in total. The lowest BCUT2D eigenvalue weighted by molar-refractivity contribution is -0.167. The molecule has 0 aromatic heterocycles. The van der Waals surface area contributed by atoms with Crippen LogP contribution in [0.15, 0.2) is 97.2 Å². The van der Waals surface area contributed by atoms with E-state index in [1.165, 1.54) is 89.9 Å². The summed E-state index contributed by atoms with van der Waals surface area (Å²) in [7, 11) is 0. The summed E-state index contributed by atoms with van der Waals surface area (Å²) in [5.74, 6) is -0.913. The zero-order valence-corrected chi connectivity index (χ0v) is 44.3. The molecule has 0 rings (SSSR count). The average molecular weight is 946 g/mol. The van der Waals surface area contributed by atoms with Crippen LogP contribution in [0.2, 0.25) is 0 Å². The van der Waals surface area contributed by atoms with Crippen LogP contribution < -0.4 is 0 Å². The van der Waals surface area contributed by atoms with Crippen molar-refractivity contribution in [3.63, 3.8) is 0 Å². The van der Waals surface area contributed by atoms with E-state index in [1.54, 1.807) is 0 Å². The Morgan fingerprint density at radius 2 is 0.588 bits per heavy atom. The van der Waals surface area contributed by atoms with Crippen molar-refractivity contribution in [3.8, 4) is 0 Å². The molecule has 0 spiro atoms. The molecule has 68 heavy (non-hydrogen) atoms. The van der Waals surface area contributed by atoms with E-state index >= 15 is 0 Å². The molecule has 1 atom stereocenters. The van der Waals surface area contributed by atoms with Crippen LogP contribution in [-0.2, 0) is 28.6 Å². The van der Waals surface area contributed by atoms with Gasteiger partial charge in [0.2, 0.25) is 0 Å². The molecule has 0 fully saturated rings. The molecule has 0 bridgehead atoms. The van der Waals surface area contributed by atoms with Gasteiger partial charge in [-0.2, -0.15) is 0 Å². The van der Waals surface area contributed by atoms with Crippen LogP contribution in [0.4, 0.5) is 0 Å². The van der Waals surface area contributed by atoms with Crippen molar-refractivity contribution >= 4 is 17.9 Å². The first-order chi connectivity index (χ1) is 33.5. The number of carbonyl (C=O) groups is 3. The van der Waals surface area contributed by atoms with Crippen molar-refractivity contribution in [1.29, 1.82) is 0 Å². The second-order valence-corrected chi connectivity index (χ2v) is 18.5. The number of hydrogen-bond donors (Lipinski definition) is 0. The first-order valence-corrected chi connectivity index (χ1v) is 28.2. The molecule has 0 saturated heterocycles. The van der Waals surface area contributed by atoms with E-state index in [0.29, 0.717) is 19.3 Å². The zero-order valence-electron chi connectivity index (χ0n) is 44.3. The quantitative estimate of drug-likeness (QED) is 0.0262. The number of ether oxygens (including phenoxy) is 3. The molecule has 0 radical (unpaired) electrons. The summed E-state index contributed by atoms with van der Waals surface area (Å²) >= 11 is 0. The third-order valence-corrected chi connectivity index (χ3v) is 11.8. The first kappa shape index (κ1) is 64.3. The number of hydrogen-bond acceptors (Lipinski definition) is 6. The van der Waals surface area contributed by atoms with Gasteiger partial charge in [-0.05, 0) is 96.3 Å². The normalized spacial score (nSPS) is 12.8. The van der Waals surface area contributed by atoms with Crippen molar-refractivity contribution in [2.24, 2.45) is 0 Å². The molecule has 6 heteroatoms. The van der Waals surface area contributed by atoms with Gasteiger partial charge in [0.05, 0.1) is 0 Å². The number of esters is 3. The second-order valence-electron chi connectivity index (χ2n) is 18.5. The molecular weight excluding hydrogens is 841 g/mol. The lowest BCUT2D eigenvalue weighted by atomic mass is 10.0. The van der Waals surface area contributed by atoms with Gasteiger partial charge < -0.3 is 14.2 Å². The van der Waals surface area contributed by atoms with Gasteiger partial charge in [-0.3, -0.25) is 14.4 Å². The van der Waals surface area contributed by atoms with Crippen LogP contribution >= 0.6 is 0 Å². The van der Waals surface area contributed by atoms with Crippen molar-refractivity contribution in [1.82, 2.24) is 0 Å². The molecule has 0 aliphatic rings. The summed E-state index contributed by atoms with van der Waals surface area (Å²) in [4.78, 5) is 37.7. The standard InChI is InChI=1S/C62H104O6/c1-4-7-10-13-15-17-19-21-23-24-25-26-27-28-29-30-31-32-33-34-35-36-37-38-39-41-42-44-46-49-52-55-61(64)67-58-59(57-66-60(63)54-51-48-12-9-6-3)68-62(65)56-53-50-47-45-43-40-22-20-18-16-14-11-8-5-2/h7,10,14-17,20-23,25-26,28-29,31-32,59H,4-6,8-9,11-13,18-19,24,27,30,33-58H2,1-3H3/b10-7-,16-14-,17-15-,22-20-,23-21-,26-25-,29-28-,32-31-. The Kier molecular flexibility index (Phi) is 52.9. The third kappa shape index (κ3) is 53.3. The lowest BCUT2D eigenvalue weighted by Gasteiger charge is -2.18. The second kappa shape index (κ2) is 55.9. The highest BCUT2D eigenvalue weighted by atomic mass is 16.6. The Morgan fingerprint density at radius 1 is 0.309 bits per heavy atom. The van der Waals surface area contributed by atoms with E-state index in [4.69, 9.17) is 14.2 Å². The van der Waals surface area contributed by atoms with E-state index in [1.807, 2.05) is 0 Å². The molecule has 0 amide bonds. The Balaban J connectivity index is 4.03. The Bertz CT molecular complexity index is 1360. The molecule has 0 aliphatic carbocycles. The van der Waals surface area contributed by atoms with Crippen LogP contribution in [0, 0.1) is 0 Å². The van der Waals surface area contributed by atoms with E-state index < -0.39 is 6.10 Å². The van der Waals surface area contributed by atoms with Gasteiger partial charge in [0.1, 0.15) is 13.2 Å². The molecule has 0 aliphatic heterocycles. The molecule has 0 saturated carbocycles. The van der Waals surface area contributed by atoms with E-state index in [0.717, 1.165) is 128 Å². The maximum atomic E-state index is 12.7. The Labute approximate surface area is 419 Å². The minimum Gasteiger partial charge on any atom is -0.462 e. The highest BCUT2D eigenvalue weighted by Gasteiger charge is 2.19. The summed E-state index contributed by atoms with van der Waals surface area (Å²) in [6.07, 6.45) is 74.5. The SMILES string of the molecule is CC/C=C\C/C=C\C/C=C\C/C=C\C/C=C\C/C=C\CCCCCCCCCCCCCCC(=O)OCC(COC(=O)CCCCCCC)OC(=O)CCCCCCC/C=C\C/C=C\CCCC. The van der Waals surface area contributed by atoms with Crippen LogP contribution in [-0.4, -0.2) is 37.2 Å². The number of rotatable bonds is 50. The predicted octanol–water partition coefficient (Wildman–Crippen LogP) is 18.9. The Hall–Kier alpha value is -3.67. The highest BCUT2D eigenvalue weighted by Crippen LogP contribution is 2.15. The van der Waals surface area contributed by atoms with Crippen LogP contribution in [0.5, 0.6) is 0 Å². The van der Waals surface area contributed by atoms with Gasteiger partial charge in [0, 0.05) is 19.3 Å². The lowest BCUT2D eigenvalue weighted by Crippen LogP contribution is -2.30. The topological polar surface area (TPSA) is 78.9 Å². The summed E-state index contributed by atoms with van der Waals surface area (Å²) < 4.78 is 16.7. The van der Waals surface area contributed by atoms with Crippen molar-refractivity contribution in [3.05, 3.63) is 97.2 Å². The van der Waals surface area contributed by atoms with Gasteiger partial charge in [0.25, 0.3) is 0 Å². The highest BCUT2D eigenvalue weighted by molar-refractivity contribution is 5.71. The predicted molar refractivity (Wildman–Crippen MR) is 293 cm³/mol. The fourth-order valence-corrected chi connectivity index (χ4v) is 7.58. The van der Waals surface area contributed by atoms with Gasteiger partial charge in [0.15, 0.2) is 6.10 Å². The Morgan fingerprint density at radius 3 is 0.941 bits per heavy atom. The summed E-state index contributed by atoms with van der Waals surface area (Å²) in [5.41, 5.74) is 0. The maximum absolute atomic E-state index is 12.7. The van der Waals surface area contributed by atoms with Crippen LogP contribution in [0.3, 0.4) is 0 Å². The van der Waals surface area contributed by atoms with E-state index in [-0.39, 0.29) is 31.1 Å². The summed E-state index contributed by atoms with van der Waals surface area (Å²) in [5, 5.41) is 0. The minimum atomic E-state index is -0.780. The van der Waals surface area contributed by atoms with Crippen molar-refractivity contribution in [2.75, 3.05) is 13.2 Å². The van der Waals surface area contributed by atoms with Crippen LogP contribution in [0.25, 0.3) is 0 Å². The third-order valence-electron chi connectivity index (χ3n) is 11.8. The van der Waals surface area contributed by atoms with Gasteiger partial charge >= 0.3 is 17.9 Å². The fraction of sp³-hybridized carbons (Fsp3) is 0.694. The summed E-state index contributed by atoms with van der Waals surface area (Å²) in [6, 6.07) is 0. The molecule has 0 aromatic carbocycles. The molecule has 0 heterocycles. The summed E-state index contributed by atoms with van der Waals surface area (Å²) in [6.45, 7) is 6.38. The monoisotopic (exact) mass is 945 g/mol. The zero-order chi connectivity index (χ0) is 49.3. The molecule has 6 nitrogen and oxygen atoms in total. The fourth-order valence-electron chi connectivity index (χ4n) is 7.58. The molecule has 388 valence electrons. The maximum Gasteiger partial charge on any atom is 0.306 e. The first-order valence-electron chi connectivity index (χ1n) is 28.2. The molecule has 0 aromatic rings. The van der Waals surface area contributed by atoms with Gasteiger partial charge in [-0.15, -0.1) is 0 Å². The largest absolute Gasteiger partial charge is 0.462 e. The number of allylic oxidation sites excluding steroid dienone is 16. The van der Waals surface area contributed by atoms with E-state index in [2.05, 4.69) is 118 Å². The van der Waals surface area contributed by atoms with Crippen LogP contribution in [0.1, 0.15) is 258 Å². The van der Waals surface area contributed by atoms with Crippen molar-refractivity contribution in [2.45, 2.75) is 264 Å². The smallest absolute Gasteiger partial charge is 0.306 e. The van der Waals surface area contributed by atoms with E-state index in [9.17, 15) is 14.4 Å². The molecule has 1 unspecified atom stereocenters. The average Bonchev–Trinajstić information content (AvgIpc) is 3.34. The molecular formula is C62H104O6.